The van der Waals surface area contributed by atoms with E-state index in [1.165, 1.54) is 16.9 Å². The van der Waals surface area contributed by atoms with Crippen molar-refractivity contribution in [1.29, 1.82) is 0 Å². The lowest BCUT2D eigenvalue weighted by molar-refractivity contribution is -0.385. The summed E-state index contributed by atoms with van der Waals surface area (Å²) in [6, 6.07) is 6.33. The van der Waals surface area contributed by atoms with Gasteiger partial charge in [-0.25, -0.2) is 4.98 Å². The van der Waals surface area contributed by atoms with E-state index in [2.05, 4.69) is 15.1 Å². The van der Waals surface area contributed by atoms with Gasteiger partial charge < -0.3 is 9.64 Å². The molecule has 0 aliphatic heterocycles. The number of aromatic nitrogens is 4. The van der Waals surface area contributed by atoms with Gasteiger partial charge in [0.25, 0.3) is 5.78 Å². The van der Waals surface area contributed by atoms with E-state index in [-0.39, 0.29) is 11.4 Å². The Hall–Kier alpha value is -3.23. The van der Waals surface area contributed by atoms with Crippen LogP contribution in [0.4, 0.5) is 11.4 Å². The van der Waals surface area contributed by atoms with Crippen molar-refractivity contribution in [2.45, 2.75) is 6.92 Å². The first-order valence-corrected chi connectivity index (χ1v) is 6.76. The summed E-state index contributed by atoms with van der Waals surface area (Å²) < 4.78 is 7.15. The number of rotatable bonds is 4. The molecule has 0 atom stereocenters. The predicted octanol–water partition coefficient (Wildman–Crippen LogP) is 2.20. The summed E-state index contributed by atoms with van der Waals surface area (Å²) in [4.78, 5) is 20.8. The van der Waals surface area contributed by atoms with Crippen LogP contribution >= 0.6 is 0 Å². The van der Waals surface area contributed by atoms with Gasteiger partial charge in [-0.05, 0) is 13.0 Å². The molecule has 0 spiro atoms. The molecule has 2 aromatic heterocycles. The zero-order chi connectivity index (χ0) is 16.6. The minimum atomic E-state index is -0.485. The normalized spacial score (nSPS) is 10.7. The second-order valence-corrected chi connectivity index (χ2v) is 5.11. The third kappa shape index (κ3) is 2.76. The van der Waals surface area contributed by atoms with Crippen molar-refractivity contribution in [3.63, 3.8) is 0 Å². The van der Waals surface area contributed by atoms with Gasteiger partial charge in [0.2, 0.25) is 11.6 Å². The minimum Gasteiger partial charge on any atom is -0.431 e. The van der Waals surface area contributed by atoms with Gasteiger partial charge in [-0.2, -0.15) is 14.6 Å². The van der Waals surface area contributed by atoms with E-state index in [1.807, 2.05) is 19.0 Å². The number of nitro groups is 1. The number of ether oxygens (including phenoxy) is 1. The van der Waals surface area contributed by atoms with Crippen LogP contribution in [0.2, 0.25) is 0 Å². The number of benzene rings is 1. The Morgan fingerprint density at radius 3 is 2.78 bits per heavy atom. The molecule has 0 aliphatic carbocycles. The van der Waals surface area contributed by atoms with Crippen molar-refractivity contribution < 1.29 is 9.66 Å². The number of nitro benzene ring substituents is 1. The highest BCUT2D eigenvalue weighted by molar-refractivity contribution is 5.59. The van der Waals surface area contributed by atoms with E-state index in [4.69, 9.17) is 4.74 Å². The lowest BCUT2D eigenvalue weighted by Gasteiger charge is -2.14. The van der Waals surface area contributed by atoms with Gasteiger partial charge in [0.15, 0.2) is 0 Å². The van der Waals surface area contributed by atoms with Crippen molar-refractivity contribution in [3.8, 4) is 11.6 Å². The highest BCUT2D eigenvalue weighted by Gasteiger charge is 2.19. The summed E-state index contributed by atoms with van der Waals surface area (Å²) in [5, 5.41) is 15.3. The Balaban J connectivity index is 2.12. The number of nitrogens with zero attached hydrogens (tertiary/aromatic N) is 6. The van der Waals surface area contributed by atoms with Crippen LogP contribution in [-0.4, -0.2) is 38.6 Å². The first-order chi connectivity index (χ1) is 11.0. The van der Waals surface area contributed by atoms with Gasteiger partial charge in [-0.15, -0.1) is 0 Å². The average molecular weight is 314 g/mol. The molecule has 1 aromatic carbocycles. The number of fused-ring (bicyclic) bond motifs is 1. The van der Waals surface area contributed by atoms with Crippen LogP contribution in [0.15, 0.2) is 30.6 Å². The Morgan fingerprint density at radius 1 is 1.30 bits per heavy atom. The molecule has 0 N–H and O–H groups in total. The summed E-state index contributed by atoms with van der Waals surface area (Å²) in [5.74, 6) is 0.805. The van der Waals surface area contributed by atoms with Crippen molar-refractivity contribution in [3.05, 3.63) is 46.4 Å². The Labute approximate surface area is 131 Å². The van der Waals surface area contributed by atoms with Gasteiger partial charge in [-0.3, -0.25) is 10.1 Å². The number of aryl methyl sites for hydroxylation is 1. The van der Waals surface area contributed by atoms with Crippen LogP contribution in [0.25, 0.3) is 5.78 Å². The lowest BCUT2D eigenvalue weighted by atomic mass is 10.2. The Bertz CT molecular complexity index is 889. The SMILES string of the molecule is Cc1cc(Oc2cc(N(C)C)ccc2[N+](=O)[O-])n2ncnc2n1. The van der Waals surface area contributed by atoms with Gasteiger partial charge in [0.05, 0.1) is 4.92 Å². The molecule has 0 saturated carbocycles. The predicted molar refractivity (Wildman–Crippen MR) is 83.0 cm³/mol. The monoisotopic (exact) mass is 314 g/mol. The maximum Gasteiger partial charge on any atom is 0.311 e. The summed E-state index contributed by atoms with van der Waals surface area (Å²) in [5.41, 5.74) is 1.33. The average Bonchev–Trinajstić information content (AvgIpc) is 2.95. The first kappa shape index (κ1) is 14.7. The number of anilines is 1. The fraction of sp³-hybridized carbons (Fsp3) is 0.214. The number of hydrogen-bond donors (Lipinski definition) is 0. The molecule has 0 amide bonds. The molecule has 0 fully saturated rings. The molecule has 2 heterocycles. The van der Waals surface area contributed by atoms with Crippen LogP contribution in [-0.2, 0) is 0 Å². The quantitative estimate of drug-likeness (QED) is 0.537. The standard InChI is InChI=1S/C14H14N6O3/c1-9-6-13(19-14(17-9)15-8-16-19)23-12-7-10(18(2)3)4-5-11(12)20(21)22/h4-8H,1-3H3. The topological polar surface area (TPSA) is 98.7 Å². The summed E-state index contributed by atoms with van der Waals surface area (Å²) in [6.45, 7) is 1.78. The molecule has 3 rings (SSSR count). The zero-order valence-electron chi connectivity index (χ0n) is 12.8. The highest BCUT2D eigenvalue weighted by Crippen LogP contribution is 2.34. The lowest BCUT2D eigenvalue weighted by Crippen LogP contribution is -2.09. The van der Waals surface area contributed by atoms with Crippen molar-refractivity contribution in [2.75, 3.05) is 19.0 Å². The van der Waals surface area contributed by atoms with Crippen LogP contribution < -0.4 is 9.64 Å². The maximum atomic E-state index is 11.2. The van der Waals surface area contributed by atoms with Crippen molar-refractivity contribution >= 4 is 17.2 Å². The highest BCUT2D eigenvalue weighted by atomic mass is 16.6. The maximum absolute atomic E-state index is 11.2. The van der Waals surface area contributed by atoms with Gasteiger partial charge in [0.1, 0.15) is 6.33 Å². The molecular formula is C14H14N6O3. The second kappa shape index (κ2) is 5.52. The zero-order valence-corrected chi connectivity index (χ0v) is 12.8. The van der Waals surface area contributed by atoms with E-state index in [0.29, 0.717) is 17.4 Å². The fourth-order valence-electron chi connectivity index (χ4n) is 2.10. The molecule has 0 aliphatic rings. The molecule has 23 heavy (non-hydrogen) atoms. The molecule has 118 valence electrons. The number of hydrogen-bond acceptors (Lipinski definition) is 7. The molecule has 0 radical (unpaired) electrons. The van der Waals surface area contributed by atoms with E-state index >= 15 is 0 Å². The van der Waals surface area contributed by atoms with E-state index < -0.39 is 4.92 Å². The fourth-order valence-corrected chi connectivity index (χ4v) is 2.10. The van der Waals surface area contributed by atoms with Gasteiger partial charge in [0, 0.05) is 43.7 Å². The van der Waals surface area contributed by atoms with Crippen LogP contribution in [0.1, 0.15) is 5.69 Å². The van der Waals surface area contributed by atoms with Crippen LogP contribution in [0.5, 0.6) is 11.6 Å². The molecule has 0 unspecified atom stereocenters. The van der Waals surface area contributed by atoms with Crippen LogP contribution in [0.3, 0.4) is 0 Å². The first-order valence-electron chi connectivity index (χ1n) is 6.76. The summed E-state index contributed by atoms with van der Waals surface area (Å²) in [7, 11) is 3.69. The minimum absolute atomic E-state index is 0.127. The van der Waals surface area contributed by atoms with E-state index in [9.17, 15) is 10.1 Å². The Kier molecular flexibility index (Phi) is 3.53. The van der Waals surface area contributed by atoms with Gasteiger partial charge in [-0.1, -0.05) is 0 Å². The van der Waals surface area contributed by atoms with Gasteiger partial charge >= 0.3 is 5.69 Å². The van der Waals surface area contributed by atoms with Crippen molar-refractivity contribution in [2.24, 2.45) is 0 Å². The summed E-state index contributed by atoms with van der Waals surface area (Å²) in [6.07, 6.45) is 1.35. The second-order valence-electron chi connectivity index (χ2n) is 5.11. The smallest absolute Gasteiger partial charge is 0.311 e. The molecule has 3 aromatic rings. The molecular weight excluding hydrogens is 300 g/mol. The van der Waals surface area contributed by atoms with E-state index in [0.717, 1.165) is 5.69 Å². The molecule has 9 nitrogen and oxygen atoms in total. The van der Waals surface area contributed by atoms with E-state index in [1.54, 1.807) is 25.1 Å². The third-order valence-electron chi connectivity index (χ3n) is 3.22. The summed E-state index contributed by atoms with van der Waals surface area (Å²) >= 11 is 0. The Morgan fingerprint density at radius 2 is 2.09 bits per heavy atom. The van der Waals surface area contributed by atoms with Crippen LogP contribution in [0, 0.1) is 17.0 Å². The van der Waals surface area contributed by atoms with Crippen molar-refractivity contribution in [1.82, 2.24) is 19.6 Å². The third-order valence-corrected chi connectivity index (χ3v) is 3.22. The molecule has 0 saturated heterocycles. The largest absolute Gasteiger partial charge is 0.431 e. The molecule has 9 heteroatoms. The molecule has 0 bridgehead atoms.